The normalized spacial score (nSPS) is 12.4. The van der Waals surface area contributed by atoms with Gasteiger partial charge in [0, 0.05) is 18.4 Å². The number of hydrogen-bond acceptors (Lipinski definition) is 2. The van der Waals surface area contributed by atoms with E-state index >= 15 is 0 Å². The van der Waals surface area contributed by atoms with Crippen molar-refractivity contribution in [2.24, 2.45) is 0 Å². The molecule has 1 atom stereocenters. The molecule has 1 aromatic carbocycles. The van der Waals surface area contributed by atoms with Crippen LogP contribution in [0.2, 0.25) is 10.0 Å². The van der Waals surface area contributed by atoms with E-state index in [2.05, 4.69) is 16.4 Å². The average Bonchev–Trinajstić information content (AvgIpc) is 2.40. The molecule has 0 aliphatic rings. The minimum absolute atomic E-state index is 0.198. The van der Waals surface area contributed by atoms with E-state index in [-0.39, 0.29) is 6.04 Å². The molecule has 18 heavy (non-hydrogen) atoms. The van der Waals surface area contributed by atoms with E-state index in [0.717, 1.165) is 12.0 Å². The van der Waals surface area contributed by atoms with Crippen LogP contribution in [0.1, 0.15) is 17.2 Å². The monoisotopic (exact) mass is 280 g/mol. The van der Waals surface area contributed by atoms with Crippen molar-refractivity contribution in [3.8, 4) is 0 Å². The first-order chi connectivity index (χ1) is 8.70. The Balaban J connectivity index is 2.20. The van der Waals surface area contributed by atoms with Crippen molar-refractivity contribution in [1.82, 2.24) is 10.3 Å². The Morgan fingerprint density at radius 2 is 2.06 bits per heavy atom. The number of rotatable bonds is 4. The van der Waals surface area contributed by atoms with Gasteiger partial charge in [0.15, 0.2) is 0 Å². The second-order valence-corrected chi connectivity index (χ2v) is 4.89. The summed E-state index contributed by atoms with van der Waals surface area (Å²) in [6.45, 7) is 0. The average molecular weight is 281 g/mol. The minimum atomic E-state index is 0.198. The summed E-state index contributed by atoms with van der Waals surface area (Å²) in [5, 5.41) is 4.45. The van der Waals surface area contributed by atoms with Crippen molar-refractivity contribution < 1.29 is 0 Å². The van der Waals surface area contributed by atoms with Crippen LogP contribution in [0.5, 0.6) is 0 Å². The Labute approximate surface area is 117 Å². The van der Waals surface area contributed by atoms with Crippen LogP contribution in [0.4, 0.5) is 0 Å². The summed E-state index contributed by atoms with van der Waals surface area (Å²) >= 11 is 12.0. The maximum Gasteiger partial charge on any atom is 0.0595 e. The fourth-order valence-electron chi connectivity index (χ4n) is 1.87. The van der Waals surface area contributed by atoms with E-state index < -0.39 is 0 Å². The zero-order valence-electron chi connectivity index (χ0n) is 10.0. The van der Waals surface area contributed by atoms with Gasteiger partial charge in [0.1, 0.15) is 0 Å². The third-order valence-electron chi connectivity index (χ3n) is 2.86. The lowest BCUT2D eigenvalue weighted by molar-refractivity contribution is 0.591. The van der Waals surface area contributed by atoms with Crippen LogP contribution in [-0.4, -0.2) is 12.0 Å². The molecule has 1 unspecified atom stereocenters. The lowest BCUT2D eigenvalue weighted by Gasteiger charge is -2.17. The van der Waals surface area contributed by atoms with E-state index in [4.69, 9.17) is 23.2 Å². The summed E-state index contributed by atoms with van der Waals surface area (Å²) < 4.78 is 0. The standard InChI is InChI=1S/C14H14Cl2N2/c1-17-14(7-10-3-2-6-18-9-10)11-4-5-12(15)13(16)8-11/h2-6,8-9,14,17H,7H2,1H3. The van der Waals surface area contributed by atoms with Gasteiger partial charge in [-0.05, 0) is 42.8 Å². The van der Waals surface area contributed by atoms with Crippen LogP contribution in [0.15, 0.2) is 42.7 Å². The van der Waals surface area contributed by atoms with Gasteiger partial charge < -0.3 is 5.32 Å². The summed E-state index contributed by atoms with van der Waals surface area (Å²) in [5.41, 5.74) is 2.30. The predicted octanol–water partition coefficient (Wildman–Crippen LogP) is 3.89. The molecule has 94 valence electrons. The molecule has 2 rings (SSSR count). The molecule has 0 amide bonds. The number of aromatic nitrogens is 1. The lowest BCUT2D eigenvalue weighted by atomic mass is 10.00. The third-order valence-corrected chi connectivity index (χ3v) is 3.60. The van der Waals surface area contributed by atoms with E-state index in [1.165, 1.54) is 5.56 Å². The zero-order valence-corrected chi connectivity index (χ0v) is 11.5. The van der Waals surface area contributed by atoms with E-state index in [0.29, 0.717) is 10.0 Å². The highest BCUT2D eigenvalue weighted by Crippen LogP contribution is 2.26. The van der Waals surface area contributed by atoms with Crippen molar-refractivity contribution in [3.63, 3.8) is 0 Å². The fourth-order valence-corrected chi connectivity index (χ4v) is 2.18. The van der Waals surface area contributed by atoms with E-state index in [1.54, 1.807) is 6.20 Å². The van der Waals surface area contributed by atoms with Crippen LogP contribution in [0.25, 0.3) is 0 Å². The largest absolute Gasteiger partial charge is 0.313 e. The first kappa shape index (κ1) is 13.3. The Kier molecular flexibility index (Phi) is 4.59. The molecule has 1 N–H and O–H groups in total. The van der Waals surface area contributed by atoms with E-state index in [9.17, 15) is 0 Å². The second kappa shape index (κ2) is 6.19. The number of pyridine rings is 1. The van der Waals surface area contributed by atoms with E-state index in [1.807, 2.05) is 37.5 Å². The van der Waals surface area contributed by atoms with Crippen molar-refractivity contribution in [1.29, 1.82) is 0 Å². The molecule has 1 heterocycles. The SMILES string of the molecule is CNC(Cc1cccnc1)c1ccc(Cl)c(Cl)c1. The van der Waals surface area contributed by atoms with Crippen molar-refractivity contribution in [2.75, 3.05) is 7.05 Å². The summed E-state index contributed by atoms with van der Waals surface area (Å²) in [7, 11) is 1.93. The molecule has 0 spiro atoms. The molecule has 0 radical (unpaired) electrons. The molecule has 0 fully saturated rings. The first-order valence-corrected chi connectivity index (χ1v) is 6.47. The number of hydrogen-bond donors (Lipinski definition) is 1. The summed E-state index contributed by atoms with van der Waals surface area (Å²) in [6, 6.07) is 9.93. The minimum Gasteiger partial charge on any atom is -0.313 e. The third kappa shape index (κ3) is 3.22. The fraction of sp³-hybridized carbons (Fsp3) is 0.214. The molecule has 1 aromatic heterocycles. The Hall–Kier alpha value is -1.09. The molecule has 0 aliphatic heterocycles. The maximum atomic E-state index is 6.05. The van der Waals surface area contributed by atoms with Gasteiger partial charge in [-0.2, -0.15) is 0 Å². The molecule has 2 nitrogen and oxygen atoms in total. The highest BCUT2D eigenvalue weighted by Gasteiger charge is 2.11. The number of benzene rings is 1. The highest BCUT2D eigenvalue weighted by atomic mass is 35.5. The second-order valence-electron chi connectivity index (χ2n) is 4.08. The van der Waals surface area contributed by atoms with Gasteiger partial charge in [0.05, 0.1) is 10.0 Å². The maximum absolute atomic E-state index is 6.05. The van der Waals surface area contributed by atoms with Gasteiger partial charge in [-0.1, -0.05) is 35.3 Å². The smallest absolute Gasteiger partial charge is 0.0595 e. The molecule has 2 aromatic rings. The van der Waals surface area contributed by atoms with Crippen molar-refractivity contribution >= 4 is 23.2 Å². The van der Waals surface area contributed by atoms with Crippen molar-refractivity contribution in [3.05, 3.63) is 63.9 Å². The predicted molar refractivity (Wildman–Crippen MR) is 76.2 cm³/mol. The van der Waals surface area contributed by atoms with Crippen LogP contribution in [-0.2, 0) is 6.42 Å². The van der Waals surface area contributed by atoms with Crippen molar-refractivity contribution in [2.45, 2.75) is 12.5 Å². The molecule has 0 bridgehead atoms. The van der Waals surface area contributed by atoms with Crippen LogP contribution in [0, 0.1) is 0 Å². The van der Waals surface area contributed by atoms with Crippen LogP contribution < -0.4 is 5.32 Å². The van der Waals surface area contributed by atoms with Crippen LogP contribution >= 0.6 is 23.2 Å². The molecule has 0 saturated heterocycles. The molecule has 0 aliphatic carbocycles. The first-order valence-electron chi connectivity index (χ1n) is 5.72. The number of halogens is 2. The van der Waals surface area contributed by atoms with Gasteiger partial charge in [0.2, 0.25) is 0 Å². The number of nitrogens with zero attached hydrogens (tertiary/aromatic N) is 1. The quantitative estimate of drug-likeness (QED) is 0.919. The zero-order chi connectivity index (χ0) is 13.0. The number of nitrogens with one attached hydrogen (secondary N) is 1. The Morgan fingerprint density at radius 1 is 1.22 bits per heavy atom. The summed E-state index contributed by atoms with van der Waals surface area (Å²) in [4.78, 5) is 4.12. The highest BCUT2D eigenvalue weighted by molar-refractivity contribution is 6.42. The molecular weight excluding hydrogens is 267 g/mol. The van der Waals surface area contributed by atoms with Gasteiger partial charge in [-0.3, -0.25) is 4.98 Å². The van der Waals surface area contributed by atoms with Gasteiger partial charge in [-0.15, -0.1) is 0 Å². The Bertz CT molecular complexity index is 514. The molecule has 4 heteroatoms. The lowest BCUT2D eigenvalue weighted by Crippen LogP contribution is -2.18. The summed E-state index contributed by atoms with van der Waals surface area (Å²) in [5.74, 6) is 0. The molecular formula is C14H14Cl2N2. The van der Waals surface area contributed by atoms with Crippen LogP contribution in [0.3, 0.4) is 0 Å². The topological polar surface area (TPSA) is 24.9 Å². The summed E-state index contributed by atoms with van der Waals surface area (Å²) in [6.07, 6.45) is 4.52. The Morgan fingerprint density at radius 3 is 2.67 bits per heavy atom. The number of likely N-dealkylation sites (N-methyl/N-ethyl adjacent to an activating group) is 1. The van der Waals surface area contributed by atoms with Gasteiger partial charge in [0.25, 0.3) is 0 Å². The van der Waals surface area contributed by atoms with Gasteiger partial charge >= 0.3 is 0 Å². The van der Waals surface area contributed by atoms with Gasteiger partial charge in [-0.25, -0.2) is 0 Å². The molecule has 0 saturated carbocycles.